The average Bonchev–Trinajstić information content (AvgIpc) is 2.40. The van der Waals surface area contributed by atoms with Crippen molar-refractivity contribution in [2.45, 2.75) is 24.9 Å². The summed E-state index contributed by atoms with van der Waals surface area (Å²) in [5.74, 6) is 0. The summed E-state index contributed by atoms with van der Waals surface area (Å²) in [6.45, 7) is 2.40. The van der Waals surface area contributed by atoms with E-state index in [0.717, 1.165) is 44.6 Å². The highest BCUT2D eigenvalue weighted by molar-refractivity contribution is 6.30. The van der Waals surface area contributed by atoms with Crippen LogP contribution in [-0.2, 0) is 4.74 Å². The number of anilines is 1. The number of piperidine rings is 1. The number of carbonyl (C=O) groups is 1. The predicted octanol–water partition coefficient (Wildman–Crippen LogP) is 3.13. The standard InChI is InChI=1S/C14H17ClN2O2/c15-11-1-3-12(4-2-11)16-13(18)17-8-5-14(6-9-17)7-10-19-14/h1-4H,5-10H2,(H,16,18). The minimum Gasteiger partial charge on any atom is -0.375 e. The number of ether oxygens (including phenoxy) is 1. The third-order valence-corrected chi connectivity index (χ3v) is 4.28. The Balaban J connectivity index is 1.55. The zero-order chi connectivity index (χ0) is 13.3. The van der Waals surface area contributed by atoms with E-state index in [1.165, 1.54) is 0 Å². The molecule has 0 unspecified atom stereocenters. The number of nitrogens with zero attached hydrogens (tertiary/aromatic N) is 1. The molecule has 1 aromatic carbocycles. The van der Waals surface area contributed by atoms with Crippen molar-refractivity contribution in [3.8, 4) is 0 Å². The van der Waals surface area contributed by atoms with Crippen molar-refractivity contribution in [2.75, 3.05) is 25.0 Å². The van der Waals surface area contributed by atoms with Crippen LogP contribution in [0.3, 0.4) is 0 Å². The molecule has 4 nitrogen and oxygen atoms in total. The van der Waals surface area contributed by atoms with Gasteiger partial charge in [0.25, 0.3) is 0 Å². The summed E-state index contributed by atoms with van der Waals surface area (Å²) in [5.41, 5.74) is 0.853. The average molecular weight is 281 g/mol. The Hall–Kier alpha value is -1.26. The van der Waals surface area contributed by atoms with Gasteiger partial charge in [0.2, 0.25) is 0 Å². The quantitative estimate of drug-likeness (QED) is 0.859. The van der Waals surface area contributed by atoms with Gasteiger partial charge >= 0.3 is 6.03 Å². The molecule has 0 saturated carbocycles. The van der Waals surface area contributed by atoms with Crippen LogP contribution < -0.4 is 5.32 Å². The Morgan fingerprint density at radius 2 is 1.84 bits per heavy atom. The molecule has 1 aromatic rings. The topological polar surface area (TPSA) is 41.6 Å². The summed E-state index contributed by atoms with van der Waals surface area (Å²) in [6, 6.07) is 7.10. The second-order valence-electron chi connectivity index (χ2n) is 5.21. The van der Waals surface area contributed by atoms with Gasteiger partial charge in [-0.05, 0) is 43.5 Å². The van der Waals surface area contributed by atoms with Crippen molar-refractivity contribution in [2.24, 2.45) is 0 Å². The Kier molecular flexibility index (Phi) is 3.37. The second kappa shape index (κ2) is 5.02. The van der Waals surface area contributed by atoms with E-state index in [-0.39, 0.29) is 11.6 Å². The first-order valence-corrected chi connectivity index (χ1v) is 7.00. The number of amides is 2. The molecule has 2 heterocycles. The number of halogens is 1. The van der Waals surface area contributed by atoms with Gasteiger partial charge < -0.3 is 15.0 Å². The van der Waals surface area contributed by atoms with E-state index in [1.807, 2.05) is 4.90 Å². The van der Waals surface area contributed by atoms with Gasteiger partial charge in [0.15, 0.2) is 0 Å². The van der Waals surface area contributed by atoms with E-state index in [0.29, 0.717) is 5.02 Å². The Morgan fingerprint density at radius 1 is 1.21 bits per heavy atom. The fourth-order valence-electron chi connectivity index (χ4n) is 2.64. The normalized spacial score (nSPS) is 21.0. The van der Waals surface area contributed by atoms with E-state index in [2.05, 4.69) is 5.32 Å². The van der Waals surface area contributed by atoms with Gasteiger partial charge in [-0.25, -0.2) is 4.79 Å². The van der Waals surface area contributed by atoms with Crippen LogP contribution in [0.1, 0.15) is 19.3 Å². The zero-order valence-electron chi connectivity index (χ0n) is 10.7. The van der Waals surface area contributed by atoms with Crippen LogP contribution >= 0.6 is 11.6 Å². The molecule has 3 rings (SSSR count). The van der Waals surface area contributed by atoms with Crippen LogP contribution in [0.25, 0.3) is 0 Å². The van der Waals surface area contributed by atoms with Gasteiger partial charge in [-0.1, -0.05) is 11.6 Å². The summed E-state index contributed by atoms with van der Waals surface area (Å²) >= 11 is 5.81. The van der Waals surface area contributed by atoms with E-state index >= 15 is 0 Å². The highest BCUT2D eigenvalue weighted by Gasteiger charge is 2.41. The minimum absolute atomic E-state index is 0.0449. The smallest absolute Gasteiger partial charge is 0.321 e. The molecule has 0 atom stereocenters. The Bertz CT molecular complexity index is 461. The zero-order valence-corrected chi connectivity index (χ0v) is 11.4. The fourth-order valence-corrected chi connectivity index (χ4v) is 2.76. The van der Waals surface area contributed by atoms with E-state index in [4.69, 9.17) is 16.3 Å². The first-order chi connectivity index (χ1) is 9.17. The maximum atomic E-state index is 12.1. The lowest BCUT2D eigenvalue weighted by atomic mass is 9.84. The molecular weight excluding hydrogens is 264 g/mol. The summed E-state index contributed by atoms with van der Waals surface area (Å²) in [7, 11) is 0. The molecule has 19 heavy (non-hydrogen) atoms. The van der Waals surface area contributed by atoms with Crippen LogP contribution in [0, 0.1) is 0 Å². The Labute approximate surface area is 117 Å². The fraction of sp³-hybridized carbons (Fsp3) is 0.500. The van der Waals surface area contributed by atoms with E-state index in [9.17, 15) is 4.79 Å². The number of urea groups is 1. The molecule has 2 amide bonds. The molecule has 0 radical (unpaired) electrons. The largest absolute Gasteiger partial charge is 0.375 e. The lowest BCUT2D eigenvalue weighted by molar-refractivity contribution is -0.168. The molecule has 2 saturated heterocycles. The van der Waals surface area contributed by atoms with Crippen molar-refractivity contribution in [3.05, 3.63) is 29.3 Å². The molecule has 102 valence electrons. The van der Waals surface area contributed by atoms with Crippen LogP contribution in [0.4, 0.5) is 10.5 Å². The van der Waals surface area contributed by atoms with Crippen molar-refractivity contribution < 1.29 is 9.53 Å². The lowest BCUT2D eigenvalue weighted by Gasteiger charge is -2.47. The number of benzene rings is 1. The van der Waals surface area contributed by atoms with Crippen molar-refractivity contribution in [1.82, 2.24) is 4.90 Å². The number of likely N-dealkylation sites (tertiary alicyclic amines) is 1. The molecule has 5 heteroatoms. The molecule has 2 aliphatic heterocycles. The van der Waals surface area contributed by atoms with Crippen molar-refractivity contribution in [3.63, 3.8) is 0 Å². The second-order valence-corrected chi connectivity index (χ2v) is 5.64. The minimum atomic E-state index is -0.0449. The van der Waals surface area contributed by atoms with Crippen LogP contribution in [0.5, 0.6) is 0 Å². The van der Waals surface area contributed by atoms with Gasteiger partial charge in [-0.15, -0.1) is 0 Å². The number of hydrogen-bond donors (Lipinski definition) is 1. The van der Waals surface area contributed by atoms with Gasteiger partial charge in [0.1, 0.15) is 0 Å². The maximum absolute atomic E-state index is 12.1. The number of hydrogen-bond acceptors (Lipinski definition) is 2. The highest BCUT2D eigenvalue weighted by Crippen LogP contribution is 2.36. The SMILES string of the molecule is O=C(Nc1ccc(Cl)cc1)N1CCC2(CCO2)CC1. The molecule has 0 aliphatic carbocycles. The van der Waals surface area contributed by atoms with E-state index < -0.39 is 0 Å². The lowest BCUT2D eigenvalue weighted by Crippen LogP contribution is -2.54. The van der Waals surface area contributed by atoms with Crippen molar-refractivity contribution in [1.29, 1.82) is 0 Å². The summed E-state index contributed by atoms with van der Waals surface area (Å²) in [5, 5.41) is 3.56. The maximum Gasteiger partial charge on any atom is 0.321 e. The van der Waals surface area contributed by atoms with Crippen LogP contribution in [0.2, 0.25) is 5.02 Å². The van der Waals surface area contributed by atoms with Crippen LogP contribution in [-0.4, -0.2) is 36.2 Å². The monoisotopic (exact) mass is 280 g/mol. The third kappa shape index (κ3) is 2.69. The first kappa shape index (κ1) is 12.8. The Morgan fingerprint density at radius 3 is 2.37 bits per heavy atom. The van der Waals surface area contributed by atoms with Crippen LogP contribution in [0.15, 0.2) is 24.3 Å². The number of carbonyl (C=O) groups excluding carboxylic acids is 1. The molecule has 0 bridgehead atoms. The highest BCUT2D eigenvalue weighted by atomic mass is 35.5. The van der Waals surface area contributed by atoms with Gasteiger partial charge in [0, 0.05) is 23.8 Å². The first-order valence-electron chi connectivity index (χ1n) is 6.62. The third-order valence-electron chi connectivity index (χ3n) is 4.02. The molecule has 2 aliphatic rings. The molecule has 0 aromatic heterocycles. The summed E-state index contributed by atoms with van der Waals surface area (Å²) in [6.07, 6.45) is 3.03. The molecule has 2 fully saturated rings. The van der Waals surface area contributed by atoms with Gasteiger partial charge in [-0.2, -0.15) is 0 Å². The summed E-state index contributed by atoms with van der Waals surface area (Å²) in [4.78, 5) is 14.0. The summed E-state index contributed by atoms with van der Waals surface area (Å²) < 4.78 is 5.65. The number of nitrogens with one attached hydrogen (secondary N) is 1. The van der Waals surface area contributed by atoms with Gasteiger partial charge in [0.05, 0.1) is 12.2 Å². The predicted molar refractivity (Wildman–Crippen MR) is 74.6 cm³/mol. The molecule has 1 N–H and O–H groups in total. The number of rotatable bonds is 1. The van der Waals surface area contributed by atoms with Crippen molar-refractivity contribution >= 4 is 23.3 Å². The van der Waals surface area contributed by atoms with Gasteiger partial charge in [-0.3, -0.25) is 0 Å². The molecular formula is C14H17ClN2O2. The molecule has 1 spiro atoms. The van der Waals surface area contributed by atoms with E-state index in [1.54, 1.807) is 24.3 Å².